The van der Waals surface area contributed by atoms with Gasteiger partial charge in [-0.1, -0.05) is 25.4 Å². The number of benzene rings is 1. The van der Waals surface area contributed by atoms with Crippen LogP contribution in [-0.4, -0.2) is 48.6 Å². The number of rotatable bonds is 3. The second kappa shape index (κ2) is 7.72. The van der Waals surface area contributed by atoms with E-state index in [1.165, 1.54) is 12.3 Å². The van der Waals surface area contributed by atoms with Crippen molar-refractivity contribution in [3.63, 3.8) is 0 Å². The van der Waals surface area contributed by atoms with E-state index in [-0.39, 0.29) is 17.5 Å². The maximum Gasteiger partial charge on any atom is 0.341 e. The Morgan fingerprint density at radius 2 is 1.97 bits per heavy atom. The Labute approximate surface area is 173 Å². The number of aromatic carboxylic acids is 1. The first-order valence-corrected chi connectivity index (χ1v) is 10.0. The molecular weight excluding hydrogens is 396 g/mol. The Kier molecular flexibility index (Phi) is 5.27. The van der Waals surface area contributed by atoms with Crippen LogP contribution in [-0.2, 0) is 4.74 Å². The summed E-state index contributed by atoms with van der Waals surface area (Å²) in [5.41, 5.74) is 1.38. The molecular formula is C21H23ClN2O5. The predicted molar refractivity (Wildman–Crippen MR) is 111 cm³/mol. The van der Waals surface area contributed by atoms with Gasteiger partial charge in [0.15, 0.2) is 5.43 Å². The largest absolute Gasteiger partial charge is 0.491 e. The van der Waals surface area contributed by atoms with Gasteiger partial charge in [-0.25, -0.2) is 4.79 Å². The van der Waals surface area contributed by atoms with Crippen LogP contribution in [0.25, 0.3) is 11.3 Å². The summed E-state index contributed by atoms with van der Waals surface area (Å²) in [6, 6.07) is 4.96. The molecule has 1 N–H and O–H groups in total. The van der Waals surface area contributed by atoms with Crippen molar-refractivity contribution < 1.29 is 19.4 Å². The summed E-state index contributed by atoms with van der Waals surface area (Å²) in [6.07, 6.45) is 1.42. The first-order valence-electron chi connectivity index (χ1n) is 9.65. The van der Waals surface area contributed by atoms with E-state index in [1.54, 1.807) is 6.07 Å². The molecule has 8 heteroatoms. The van der Waals surface area contributed by atoms with Gasteiger partial charge in [0.2, 0.25) is 0 Å². The van der Waals surface area contributed by atoms with Crippen molar-refractivity contribution in [3.8, 4) is 17.0 Å². The smallest absolute Gasteiger partial charge is 0.341 e. The molecule has 0 radical (unpaired) electrons. The normalized spacial score (nSPS) is 18.6. The minimum absolute atomic E-state index is 0.123. The lowest BCUT2D eigenvalue weighted by Gasteiger charge is -2.30. The van der Waals surface area contributed by atoms with Gasteiger partial charge >= 0.3 is 5.97 Å². The van der Waals surface area contributed by atoms with Crippen molar-refractivity contribution in [2.24, 2.45) is 5.92 Å². The summed E-state index contributed by atoms with van der Waals surface area (Å²) in [6.45, 7) is 7.21. The molecule has 3 heterocycles. The second-order valence-electron chi connectivity index (χ2n) is 7.67. The van der Waals surface area contributed by atoms with Gasteiger partial charge < -0.3 is 24.0 Å². The Balaban J connectivity index is 1.89. The van der Waals surface area contributed by atoms with Gasteiger partial charge in [0.1, 0.15) is 17.9 Å². The van der Waals surface area contributed by atoms with E-state index in [4.69, 9.17) is 21.1 Å². The Morgan fingerprint density at radius 3 is 2.62 bits per heavy atom. The molecule has 0 unspecified atom stereocenters. The van der Waals surface area contributed by atoms with Crippen LogP contribution < -0.4 is 15.1 Å². The number of aromatic nitrogens is 1. The van der Waals surface area contributed by atoms with Crippen molar-refractivity contribution in [2.45, 2.75) is 19.9 Å². The highest BCUT2D eigenvalue weighted by molar-refractivity contribution is 6.33. The number of hydrogen-bond donors (Lipinski definition) is 1. The van der Waals surface area contributed by atoms with Gasteiger partial charge in [-0.05, 0) is 12.0 Å². The number of morpholine rings is 1. The van der Waals surface area contributed by atoms with E-state index in [0.717, 1.165) is 18.8 Å². The van der Waals surface area contributed by atoms with Crippen LogP contribution in [0.15, 0.2) is 29.2 Å². The minimum atomic E-state index is -1.24. The van der Waals surface area contributed by atoms with Crippen LogP contribution in [0.1, 0.15) is 30.2 Å². The third-order valence-electron chi connectivity index (χ3n) is 5.52. The number of carbonyl (C=O) groups is 1. The van der Waals surface area contributed by atoms with Crippen LogP contribution in [0.5, 0.6) is 5.75 Å². The number of carboxylic acid groups (broad SMARTS) is 1. The molecule has 1 atom stereocenters. The average molecular weight is 419 g/mol. The molecule has 0 aliphatic carbocycles. The van der Waals surface area contributed by atoms with E-state index in [2.05, 4.69) is 4.90 Å². The van der Waals surface area contributed by atoms with E-state index in [0.29, 0.717) is 41.9 Å². The summed E-state index contributed by atoms with van der Waals surface area (Å²) < 4.78 is 13.4. The number of carboxylic acids is 1. The van der Waals surface area contributed by atoms with Crippen LogP contribution in [0.2, 0.25) is 5.02 Å². The molecule has 1 aromatic carbocycles. The van der Waals surface area contributed by atoms with Crippen molar-refractivity contribution in [1.82, 2.24) is 4.57 Å². The van der Waals surface area contributed by atoms with E-state index < -0.39 is 11.4 Å². The molecule has 2 aliphatic heterocycles. The summed E-state index contributed by atoms with van der Waals surface area (Å²) in [4.78, 5) is 26.1. The van der Waals surface area contributed by atoms with Crippen molar-refractivity contribution >= 4 is 23.3 Å². The molecule has 0 amide bonds. The van der Waals surface area contributed by atoms with E-state index in [1.807, 2.05) is 24.5 Å². The molecule has 0 bridgehead atoms. The molecule has 29 heavy (non-hydrogen) atoms. The quantitative estimate of drug-likeness (QED) is 0.823. The lowest BCUT2D eigenvalue weighted by atomic mass is 10.0. The number of pyridine rings is 1. The van der Waals surface area contributed by atoms with Crippen LogP contribution >= 0.6 is 11.6 Å². The van der Waals surface area contributed by atoms with Crippen LogP contribution in [0.3, 0.4) is 0 Å². The molecule has 1 fully saturated rings. The third kappa shape index (κ3) is 3.60. The topological polar surface area (TPSA) is 81.0 Å². The zero-order chi connectivity index (χ0) is 20.7. The molecule has 1 saturated heterocycles. The Bertz CT molecular complexity index is 1010. The van der Waals surface area contributed by atoms with Gasteiger partial charge in [0.25, 0.3) is 0 Å². The molecule has 4 rings (SSSR count). The van der Waals surface area contributed by atoms with Crippen molar-refractivity contribution in [3.05, 3.63) is 45.2 Å². The Morgan fingerprint density at radius 1 is 1.24 bits per heavy atom. The molecule has 2 aliphatic rings. The van der Waals surface area contributed by atoms with Gasteiger partial charge in [-0.3, -0.25) is 4.79 Å². The minimum Gasteiger partial charge on any atom is -0.491 e. The number of fused-ring (bicyclic) bond motifs is 3. The van der Waals surface area contributed by atoms with Crippen molar-refractivity contribution in [2.75, 3.05) is 37.8 Å². The fraction of sp³-hybridized carbons (Fsp3) is 0.429. The number of ether oxygens (including phenoxy) is 2. The summed E-state index contributed by atoms with van der Waals surface area (Å²) in [7, 11) is 0. The van der Waals surface area contributed by atoms with Gasteiger partial charge in [0.05, 0.1) is 35.7 Å². The lowest BCUT2D eigenvalue weighted by Crippen LogP contribution is -2.36. The molecule has 1 aromatic heterocycles. The molecule has 0 spiro atoms. The SMILES string of the molecule is CC(C)[C@@H]1COc2cc(N3CCOCC3)c(Cl)cc2-c2cc(=O)c(C(=O)O)cn21. The summed E-state index contributed by atoms with van der Waals surface area (Å²) >= 11 is 6.62. The number of nitrogens with zero attached hydrogens (tertiary/aromatic N) is 2. The van der Waals surface area contributed by atoms with Gasteiger partial charge in [0, 0.05) is 37.0 Å². The first kappa shape index (κ1) is 19.8. The highest BCUT2D eigenvalue weighted by Crippen LogP contribution is 2.42. The van der Waals surface area contributed by atoms with Gasteiger partial charge in [-0.2, -0.15) is 0 Å². The zero-order valence-corrected chi connectivity index (χ0v) is 17.1. The average Bonchev–Trinajstić information content (AvgIpc) is 2.84. The van der Waals surface area contributed by atoms with E-state index >= 15 is 0 Å². The maximum atomic E-state index is 12.4. The lowest BCUT2D eigenvalue weighted by molar-refractivity contribution is 0.0694. The number of anilines is 1. The van der Waals surface area contributed by atoms with Crippen LogP contribution in [0.4, 0.5) is 5.69 Å². The van der Waals surface area contributed by atoms with E-state index in [9.17, 15) is 14.7 Å². The standard InChI is InChI=1S/C21H23ClN2O5/c1-12(2)18-11-29-20-9-17(23-3-5-28-6-4-23)15(22)7-13(20)16-8-19(25)14(21(26)27)10-24(16)18/h7-10,12,18H,3-6,11H2,1-2H3,(H,26,27)/t18-/m0/s1. The summed E-state index contributed by atoms with van der Waals surface area (Å²) in [5.74, 6) is -0.435. The third-order valence-corrected chi connectivity index (χ3v) is 5.83. The second-order valence-corrected chi connectivity index (χ2v) is 8.08. The number of halogens is 1. The molecule has 154 valence electrons. The molecule has 2 aromatic rings. The van der Waals surface area contributed by atoms with Gasteiger partial charge in [-0.15, -0.1) is 0 Å². The zero-order valence-electron chi connectivity index (χ0n) is 16.4. The van der Waals surface area contributed by atoms with Crippen LogP contribution in [0, 0.1) is 5.92 Å². The number of hydrogen-bond acceptors (Lipinski definition) is 5. The molecule has 7 nitrogen and oxygen atoms in total. The fourth-order valence-corrected chi connectivity index (χ4v) is 4.16. The highest BCUT2D eigenvalue weighted by atomic mass is 35.5. The molecule has 0 saturated carbocycles. The summed E-state index contributed by atoms with van der Waals surface area (Å²) in [5, 5.41) is 9.96. The fourth-order valence-electron chi connectivity index (χ4n) is 3.88. The monoisotopic (exact) mass is 418 g/mol. The highest BCUT2D eigenvalue weighted by Gasteiger charge is 2.28. The van der Waals surface area contributed by atoms with Crippen molar-refractivity contribution in [1.29, 1.82) is 0 Å². The predicted octanol–water partition coefficient (Wildman–Crippen LogP) is 3.29. The maximum absolute atomic E-state index is 12.4. The Hall–Kier alpha value is -2.51. The first-order chi connectivity index (χ1) is 13.9.